The first-order valence-corrected chi connectivity index (χ1v) is 6.88. The fraction of sp³-hybridized carbons (Fsp3) is 0.545. The highest BCUT2D eigenvalue weighted by molar-refractivity contribution is 8.01. The molecule has 0 saturated carbocycles. The van der Waals surface area contributed by atoms with E-state index in [9.17, 15) is 4.79 Å². The number of carbonyl (C=O) groups excluding carboxylic acids is 1. The van der Waals surface area contributed by atoms with Gasteiger partial charge < -0.3 is 10.0 Å². The average Bonchev–Trinajstić information content (AvgIpc) is 2.77. The number of amides is 1. The van der Waals surface area contributed by atoms with E-state index in [1.54, 1.807) is 23.3 Å². The minimum absolute atomic E-state index is 0.0289. The summed E-state index contributed by atoms with van der Waals surface area (Å²) in [5, 5.41) is 11.2. The Morgan fingerprint density at radius 3 is 2.81 bits per heavy atom. The van der Waals surface area contributed by atoms with Gasteiger partial charge in [0.1, 0.15) is 0 Å². The summed E-state index contributed by atoms with van der Waals surface area (Å²) < 4.78 is 1.14. The molecule has 1 rings (SSSR count). The molecule has 1 N–H and O–H groups in total. The summed E-state index contributed by atoms with van der Waals surface area (Å²) in [6.07, 6.45) is 0. The van der Waals surface area contributed by atoms with Gasteiger partial charge in [-0.15, -0.1) is 23.1 Å². The third kappa shape index (κ3) is 3.50. The number of carbonyl (C=O) groups is 1. The molecular formula is C11H17NO2S2. The molecule has 3 nitrogen and oxygen atoms in total. The second kappa shape index (κ2) is 5.70. The van der Waals surface area contributed by atoms with Gasteiger partial charge in [0, 0.05) is 7.05 Å². The maximum Gasteiger partial charge on any atom is 0.233 e. The molecule has 1 amide bonds. The molecule has 5 heteroatoms. The quantitative estimate of drug-likeness (QED) is 0.823. The molecule has 0 radical (unpaired) electrons. The standard InChI is InChI=1S/C11H17NO2S2/c1-11(2,8-13)12(3)9(14)7-16-10-5-4-6-15-10/h4-6,13H,7-8H2,1-3H3. The van der Waals surface area contributed by atoms with E-state index in [4.69, 9.17) is 5.11 Å². The predicted octanol–water partition coefficient (Wildman–Crippen LogP) is 2.07. The lowest BCUT2D eigenvalue weighted by atomic mass is 10.1. The molecule has 0 aromatic carbocycles. The molecule has 0 fully saturated rings. The highest BCUT2D eigenvalue weighted by atomic mass is 32.2. The summed E-state index contributed by atoms with van der Waals surface area (Å²) in [6, 6.07) is 3.97. The highest BCUT2D eigenvalue weighted by Gasteiger charge is 2.26. The van der Waals surface area contributed by atoms with Crippen molar-refractivity contribution < 1.29 is 9.90 Å². The zero-order valence-corrected chi connectivity index (χ0v) is 11.4. The van der Waals surface area contributed by atoms with E-state index >= 15 is 0 Å². The lowest BCUT2D eigenvalue weighted by molar-refractivity contribution is -0.133. The molecule has 90 valence electrons. The Labute approximate surface area is 104 Å². The van der Waals surface area contributed by atoms with Crippen LogP contribution in [0.5, 0.6) is 0 Å². The molecule has 0 saturated heterocycles. The van der Waals surface area contributed by atoms with E-state index in [0.717, 1.165) is 4.21 Å². The Bertz CT molecular complexity index is 336. The van der Waals surface area contributed by atoms with E-state index < -0.39 is 5.54 Å². The first-order valence-electron chi connectivity index (χ1n) is 5.01. The van der Waals surface area contributed by atoms with E-state index in [1.807, 2.05) is 31.4 Å². The van der Waals surface area contributed by atoms with Gasteiger partial charge in [0.25, 0.3) is 0 Å². The lowest BCUT2D eigenvalue weighted by Crippen LogP contribution is -2.48. The number of aliphatic hydroxyl groups excluding tert-OH is 1. The van der Waals surface area contributed by atoms with Crippen LogP contribution >= 0.6 is 23.1 Å². The van der Waals surface area contributed by atoms with Crippen LogP contribution in [0.25, 0.3) is 0 Å². The minimum atomic E-state index is -0.493. The predicted molar refractivity (Wildman–Crippen MR) is 69.0 cm³/mol. The number of hydrogen-bond donors (Lipinski definition) is 1. The van der Waals surface area contributed by atoms with E-state index in [1.165, 1.54) is 11.8 Å². The van der Waals surface area contributed by atoms with Crippen molar-refractivity contribution in [2.24, 2.45) is 0 Å². The summed E-state index contributed by atoms with van der Waals surface area (Å²) in [5.41, 5.74) is -0.493. The zero-order valence-electron chi connectivity index (χ0n) is 9.77. The lowest BCUT2D eigenvalue weighted by Gasteiger charge is -2.33. The van der Waals surface area contributed by atoms with Crippen LogP contribution in [-0.2, 0) is 4.79 Å². The Hall–Kier alpha value is -0.520. The molecule has 1 aromatic heterocycles. The number of thiophene rings is 1. The van der Waals surface area contributed by atoms with Gasteiger partial charge in [-0.2, -0.15) is 0 Å². The largest absolute Gasteiger partial charge is 0.394 e. The molecule has 0 atom stereocenters. The normalized spacial score (nSPS) is 11.5. The number of likely N-dealkylation sites (N-methyl/N-ethyl adjacent to an activating group) is 1. The smallest absolute Gasteiger partial charge is 0.233 e. The van der Waals surface area contributed by atoms with Gasteiger partial charge in [-0.3, -0.25) is 4.79 Å². The van der Waals surface area contributed by atoms with Crippen LogP contribution in [0.3, 0.4) is 0 Å². The molecule has 0 aliphatic rings. The van der Waals surface area contributed by atoms with Gasteiger partial charge in [-0.1, -0.05) is 6.07 Å². The molecular weight excluding hydrogens is 242 g/mol. The van der Waals surface area contributed by atoms with E-state index in [0.29, 0.717) is 5.75 Å². The number of thioether (sulfide) groups is 1. The fourth-order valence-corrected chi connectivity index (χ4v) is 2.72. The number of rotatable bonds is 5. The highest BCUT2D eigenvalue weighted by Crippen LogP contribution is 2.24. The molecule has 1 aromatic rings. The second-order valence-electron chi connectivity index (χ2n) is 4.14. The topological polar surface area (TPSA) is 40.5 Å². The maximum atomic E-state index is 11.8. The van der Waals surface area contributed by atoms with Crippen molar-refractivity contribution in [2.75, 3.05) is 19.4 Å². The monoisotopic (exact) mass is 259 g/mol. The first-order chi connectivity index (χ1) is 7.47. The van der Waals surface area contributed by atoms with Crippen LogP contribution in [0.1, 0.15) is 13.8 Å². The Balaban J connectivity index is 2.46. The zero-order chi connectivity index (χ0) is 12.2. The molecule has 0 aliphatic carbocycles. The summed E-state index contributed by atoms with van der Waals surface area (Å²) in [5.74, 6) is 0.456. The second-order valence-corrected chi connectivity index (χ2v) is 6.37. The molecule has 0 spiro atoms. The average molecular weight is 259 g/mol. The number of hydrogen-bond acceptors (Lipinski definition) is 4. The molecule has 16 heavy (non-hydrogen) atoms. The van der Waals surface area contributed by atoms with E-state index in [-0.39, 0.29) is 12.5 Å². The summed E-state index contributed by atoms with van der Waals surface area (Å²) in [4.78, 5) is 13.4. The van der Waals surface area contributed by atoms with Crippen LogP contribution in [-0.4, -0.2) is 40.9 Å². The molecule has 0 unspecified atom stereocenters. The summed E-state index contributed by atoms with van der Waals surface area (Å²) in [7, 11) is 1.73. The number of nitrogens with zero attached hydrogens (tertiary/aromatic N) is 1. The van der Waals surface area contributed by atoms with Crippen molar-refractivity contribution in [3.05, 3.63) is 17.5 Å². The Kier molecular flexibility index (Phi) is 4.83. The Morgan fingerprint density at radius 2 is 2.31 bits per heavy atom. The maximum absolute atomic E-state index is 11.8. The SMILES string of the molecule is CN(C(=O)CSc1cccs1)C(C)(C)CO. The van der Waals surface area contributed by atoms with Crippen LogP contribution in [0.4, 0.5) is 0 Å². The van der Waals surface area contributed by atoms with E-state index in [2.05, 4.69) is 0 Å². The van der Waals surface area contributed by atoms with Gasteiger partial charge >= 0.3 is 0 Å². The first kappa shape index (κ1) is 13.5. The van der Waals surface area contributed by atoms with Crippen molar-refractivity contribution in [2.45, 2.75) is 23.6 Å². The molecule has 1 heterocycles. The van der Waals surface area contributed by atoms with Crippen LogP contribution < -0.4 is 0 Å². The number of aliphatic hydroxyl groups is 1. The van der Waals surface area contributed by atoms with Gasteiger partial charge in [-0.25, -0.2) is 0 Å². The van der Waals surface area contributed by atoms with Crippen LogP contribution in [0, 0.1) is 0 Å². The van der Waals surface area contributed by atoms with Gasteiger partial charge in [-0.05, 0) is 25.3 Å². The summed E-state index contributed by atoms with van der Waals surface area (Å²) in [6.45, 7) is 3.67. The third-order valence-corrected chi connectivity index (χ3v) is 4.62. The minimum Gasteiger partial charge on any atom is -0.394 e. The fourth-order valence-electron chi connectivity index (χ4n) is 1.02. The Morgan fingerprint density at radius 1 is 1.62 bits per heavy atom. The van der Waals surface area contributed by atoms with Gasteiger partial charge in [0.2, 0.25) is 5.91 Å². The molecule has 0 aliphatic heterocycles. The van der Waals surface area contributed by atoms with Crippen molar-refractivity contribution in [1.29, 1.82) is 0 Å². The molecule has 0 bridgehead atoms. The summed E-state index contributed by atoms with van der Waals surface area (Å²) >= 11 is 3.17. The van der Waals surface area contributed by atoms with Gasteiger partial charge in [0.15, 0.2) is 0 Å². The van der Waals surface area contributed by atoms with Crippen molar-refractivity contribution in [3.63, 3.8) is 0 Å². The van der Waals surface area contributed by atoms with Crippen molar-refractivity contribution >= 4 is 29.0 Å². The van der Waals surface area contributed by atoms with Crippen molar-refractivity contribution in [3.8, 4) is 0 Å². The van der Waals surface area contributed by atoms with Crippen molar-refractivity contribution in [1.82, 2.24) is 4.90 Å². The van der Waals surface area contributed by atoms with Gasteiger partial charge in [0.05, 0.1) is 22.1 Å². The van der Waals surface area contributed by atoms with Crippen LogP contribution in [0.2, 0.25) is 0 Å². The van der Waals surface area contributed by atoms with Crippen LogP contribution in [0.15, 0.2) is 21.7 Å². The third-order valence-electron chi connectivity index (χ3n) is 2.50.